The summed E-state index contributed by atoms with van der Waals surface area (Å²) in [5, 5.41) is 0. The standard InChI is InChI=1S/C5H11O2P/c8-7-4-5-2-1-3-6-5/h5H,1-4,8H2. The van der Waals surface area contributed by atoms with E-state index in [-0.39, 0.29) is 0 Å². The minimum absolute atomic E-state index is 0.368. The van der Waals surface area contributed by atoms with Gasteiger partial charge in [0.05, 0.1) is 12.7 Å². The van der Waals surface area contributed by atoms with Crippen LogP contribution in [0.15, 0.2) is 0 Å². The van der Waals surface area contributed by atoms with E-state index in [2.05, 4.69) is 9.47 Å². The van der Waals surface area contributed by atoms with Crippen molar-refractivity contribution in [3.8, 4) is 0 Å². The average molecular weight is 134 g/mol. The van der Waals surface area contributed by atoms with Crippen molar-refractivity contribution in [3.05, 3.63) is 0 Å². The Morgan fingerprint density at radius 2 is 2.62 bits per heavy atom. The first-order valence-electron chi connectivity index (χ1n) is 2.87. The van der Waals surface area contributed by atoms with E-state index in [1.165, 1.54) is 6.42 Å². The highest BCUT2D eigenvalue weighted by Crippen LogP contribution is 2.12. The normalized spacial score (nSPS) is 28.9. The summed E-state index contributed by atoms with van der Waals surface area (Å²) in [6, 6.07) is 0. The molecule has 0 bridgehead atoms. The predicted molar refractivity (Wildman–Crippen MR) is 34.6 cm³/mol. The molecule has 2 nitrogen and oxygen atoms in total. The molecule has 1 aliphatic rings. The van der Waals surface area contributed by atoms with Crippen molar-refractivity contribution < 1.29 is 9.26 Å². The molecule has 0 aliphatic carbocycles. The van der Waals surface area contributed by atoms with E-state index in [0.29, 0.717) is 6.10 Å². The van der Waals surface area contributed by atoms with Gasteiger partial charge in [0.25, 0.3) is 0 Å². The minimum atomic E-state index is 0.368. The summed E-state index contributed by atoms with van der Waals surface area (Å²) in [7, 11) is 2.23. The summed E-state index contributed by atoms with van der Waals surface area (Å²) in [5.41, 5.74) is 0. The van der Waals surface area contributed by atoms with Gasteiger partial charge < -0.3 is 9.26 Å². The Bertz CT molecular complexity index is 61.4. The second kappa shape index (κ2) is 3.39. The molecule has 1 saturated heterocycles. The van der Waals surface area contributed by atoms with E-state index in [4.69, 9.17) is 9.26 Å². The van der Waals surface area contributed by atoms with Gasteiger partial charge in [0, 0.05) is 16.1 Å². The molecule has 2 atom stereocenters. The van der Waals surface area contributed by atoms with Crippen molar-refractivity contribution in [2.45, 2.75) is 18.9 Å². The lowest BCUT2D eigenvalue weighted by molar-refractivity contribution is 0.0746. The van der Waals surface area contributed by atoms with Gasteiger partial charge in [0.2, 0.25) is 0 Å². The molecule has 0 saturated carbocycles. The lowest BCUT2D eigenvalue weighted by Crippen LogP contribution is -2.09. The monoisotopic (exact) mass is 134 g/mol. The lowest BCUT2D eigenvalue weighted by atomic mass is 10.2. The number of hydrogen-bond donors (Lipinski definition) is 0. The molecule has 0 aromatic heterocycles. The van der Waals surface area contributed by atoms with Crippen LogP contribution in [0.4, 0.5) is 0 Å². The fourth-order valence-corrected chi connectivity index (χ4v) is 1.10. The van der Waals surface area contributed by atoms with Crippen LogP contribution in [0, 0.1) is 0 Å². The van der Waals surface area contributed by atoms with Crippen LogP contribution >= 0.6 is 9.47 Å². The quantitative estimate of drug-likeness (QED) is 0.524. The lowest BCUT2D eigenvalue weighted by Gasteiger charge is -2.04. The fraction of sp³-hybridized carbons (Fsp3) is 1.00. The van der Waals surface area contributed by atoms with Gasteiger partial charge >= 0.3 is 0 Å². The molecular weight excluding hydrogens is 123 g/mol. The highest BCUT2D eigenvalue weighted by Gasteiger charge is 2.13. The Morgan fingerprint density at radius 3 is 3.12 bits per heavy atom. The average Bonchev–Trinajstić information content (AvgIpc) is 2.19. The number of rotatable bonds is 2. The van der Waals surface area contributed by atoms with Crippen LogP contribution in [-0.4, -0.2) is 19.3 Å². The Morgan fingerprint density at radius 1 is 1.75 bits per heavy atom. The molecule has 1 heterocycles. The highest BCUT2D eigenvalue weighted by atomic mass is 31.0. The van der Waals surface area contributed by atoms with Crippen LogP contribution in [0.25, 0.3) is 0 Å². The van der Waals surface area contributed by atoms with Gasteiger partial charge in [-0.05, 0) is 12.8 Å². The van der Waals surface area contributed by atoms with E-state index in [0.717, 1.165) is 19.6 Å². The molecule has 0 spiro atoms. The van der Waals surface area contributed by atoms with Gasteiger partial charge in [-0.25, -0.2) is 0 Å². The maximum absolute atomic E-state index is 5.26. The van der Waals surface area contributed by atoms with Crippen molar-refractivity contribution in [1.82, 2.24) is 0 Å². The molecule has 0 amide bonds. The topological polar surface area (TPSA) is 18.5 Å². The van der Waals surface area contributed by atoms with Gasteiger partial charge in [-0.2, -0.15) is 0 Å². The molecule has 2 unspecified atom stereocenters. The Balaban J connectivity index is 2.06. The molecule has 1 aliphatic heterocycles. The van der Waals surface area contributed by atoms with Crippen LogP contribution < -0.4 is 0 Å². The van der Waals surface area contributed by atoms with Crippen molar-refractivity contribution in [3.63, 3.8) is 0 Å². The zero-order valence-electron chi connectivity index (χ0n) is 4.80. The Kier molecular flexibility index (Phi) is 2.74. The second-order valence-electron chi connectivity index (χ2n) is 1.97. The van der Waals surface area contributed by atoms with E-state index in [9.17, 15) is 0 Å². The Labute approximate surface area is 51.8 Å². The van der Waals surface area contributed by atoms with Crippen molar-refractivity contribution in [2.75, 3.05) is 13.2 Å². The van der Waals surface area contributed by atoms with E-state index in [1.807, 2.05) is 0 Å². The van der Waals surface area contributed by atoms with Crippen molar-refractivity contribution >= 4 is 9.47 Å². The Hall–Kier alpha value is 0.350. The maximum Gasteiger partial charge on any atom is 0.0812 e. The summed E-state index contributed by atoms with van der Waals surface area (Å²) in [4.78, 5) is 0. The summed E-state index contributed by atoms with van der Waals surface area (Å²) in [6.07, 6.45) is 2.72. The summed E-state index contributed by atoms with van der Waals surface area (Å²) >= 11 is 0. The molecule has 0 N–H and O–H groups in total. The number of ether oxygens (including phenoxy) is 1. The summed E-state index contributed by atoms with van der Waals surface area (Å²) in [5.74, 6) is 0. The molecule has 1 rings (SSSR count). The van der Waals surface area contributed by atoms with Gasteiger partial charge in [-0.1, -0.05) is 0 Å². The van der Waals surface area contributed by atoms with Crippen LogP contribution in [0.1, 0.15) is 12.8 Å². The second-order valence-corrected chi connectivity index (χ2v) is 2.30. The zero-order valence-corrected chi connectivity index (χ0v) is 5.95. The van der Waals surface area contributed by atoms with E-state index in [1.54, 1.807) is 0 Å². The minimum Gasteiger partial charge on any atom is -0.376 e. The molecule has 3 heteroatoms. The van der Waals surface area contributed by atoms with Gasteiger partial charge in [0.15, 0.2) is 0 Å². The highest BCUT2D eigenvalue weighted by molar-refractivity contribution is 7.09. The van der Waals surface area contributed by atoms with Crippen LogP contribution in [0.3, 0.4) is 0 Å². The third kappa shape index (κ3) is 1.70. The van der Waals surface area contributed by atoms with Crippen LogP contribution in [0.5, 0.6) is 0 Å². The SMILES string of the molecule is POCC1CCCO1. The first-order chi connectivity index (χ1) is 3.93. The van der Waals surface area contributed by atoms with E-state index < -0.39 is 0 Å². The van der Waals surface area contributed by atoms with Crippen LogP contribution in [-0.2, 0) is 9.26 Å². The van der Waals surface area contributed by atoms with Crippen molar-refractivity contribution in [2.24, 2.45) is 0 Å². The molecule has 0 aromatic rings. The van der Waals surface area contributed by atoms with Crippen LogP contribution in [0.2, 0.25) is 0 Å². The molecular formula is C5H11O2P. The number of hydrogen-bond acceptors (Lipinski definition) is 2. The first kappa shape index (κ1) is 6.47. The summed E-state index contributed by atoms with van der Waals surface area (Å²) in [6.45, 7) is 1.64. The van der Waals surface area contributed by atoms with Gasteiger partial charge in [-0.15, -0.1) is 0 Å². The largest absolute Gasteiger partial charge is 0.376 e. The smallest absolute Gasteiger partial charge is 0.0812 e. The van der Waals surface area contributed by atoms with Crippen molar-refractivity contribution in [1.29, 1.82) is 0 Å². The molecule has 1 fully saturated rings. The molecule has 0 radical (unpaired) electrons. The third-order valence-electron chi connectivity index (χ3n) is 1.31. The van der Waals surface area contributed by atoms with E-state index >= 15 is 0 Å². The first-order valence-corrected chi connectivity index (χ1v) is 3.34. The summed E-state index contributed by atoms with van der Waals surface area (Å²) < 4.78 is 10.1. The maximum atomic E-state index is 5.26. The van der Waals surface area contributed by atoms with Gasteiger partial charge in [0.1, 0.15) is 0 Å². The zero-order chi connectivity index (χ0) is 5.82. The molecule has 0 aromatic carbocycles. The van der Waals surface area contributed by atoms with Gasteiger partial charge in [-0.3, -0.25) is 0 Å². The fourth-order valence-electron chi connectivity index (χ4n) is 0.883. The predicted octanol–water partition coefficient (Wildman–Crippen LogP) is 0.972. The molecule has 8 heavy (non-hydrogen) atoms. The molecule has 48 valence electrons. The third-order valence-corrected chi connectivity index (χ3v) is 1.50.